The van der Waals surface area contributed by atoms with Gasteiger partial charge in [0.2, 0.25) is 0 Å². The molecule has 2 atom stereocenters. The van der Waals surface area contributed by atoms with Gasteiger partial charge >= 0.3 is 0 Å². The van der Waals surface area contributed by atoms with Crippen LogP contribution in [-0.4, -0.2) is 0 Å². The summed E-state index contributed by atoms with van der Waals surface area (Å²) in [5.41, 5.74) is 2.10. The lowest BCUT2D eigenvalue weighted by Gasteiger charge is -2.42. The summed E-state index contributed by atoms with van der Waals surface area (Å²) in [5, 5.41) is 0. The van der Waals surface area contributed by atoms with Crippen LogP contribution >= 0.6 is 0 Å². The van der Waals surface area contributed by atoms with Crippen molar-refractivity contribution in [2.45, 2.75) is 39.5 Å². The van der Waals surface area contributed by atoms with E-state index in [1.165, 1.54) is 25.7 Å². The van der Waals surface area contributed by atoms with Gasteiger partial charge in [-0.3, -0.25) is 0 Å². The topological polar surface area (TPSA) is 0 Å². The first-order valence-corrected chi connectivity index (χ1v) is 5.09. The highest BCUT2D eigenvalue weighted by atomic mass is 14.4. The van der Waals surface area contributed by atoms with Crippen LogP contribution in [0.15, 0.2) is 23.8 Å². The monoisotopic (exact) mass is 162 g/mol. The van der Waals surface area contributed by atoms with Crippen molar-refractivity contribution < 1.29 is 0 Å². The zero-order chi connectivity index (χ0) is 8.60. The summed E-state index contributed by atoms with van der Waals surface area (Å²) in [5.74, 6) is 0.830. The molecule has 0 heteroatoms. The highest BCUT2D eigenvalue weighted by molar-refractivity contribution is 5.27. The molecular weight excluding hydrogens is 144 g/mol. The number of rotatable bonds is 0. The van der Waals surface area contributed by atoms with Gasteiger partial charge in [0.1, 0.15) is 0 Å². The third-order valence-electron chi connectivity index (χ3n) is 3.87. The predicted molar refractivity (Wildman–Crippen MR) is 53.0 cm³/mol. The highest BCUT2D eigenvalue weighted by Gasteiger charge is 2.37. The van der Waals surface area contributed by atoms with Crippen LogP contribution in [-0.2, 0) is 0 Å². The van der Waals surface area contributed by atoms with E-state index in [4.69, 9.17) is 0 Å². The normalized spacial score (nSPS) is 40.5. The van der Waals surface area contributed by atoms with E-state index in [0.717, 1.165) is 5.92 Å². The molecule has 0 unspecified atom stereocenters. The van der Waals surface area contributed by atoms with Crippen molar-refractivity contribution in [1.29, 1.82) is 0 Å². The van der Waals surface area contributed by atoms with Crippen molar-refractivity contribution in [2.24, 2.45) is 11.3 Å². The quantitative estimate of drug-likeness (QED) is 0.509. The maximum absolute atomic E-state index is 2.44. The number of hydrogen-bond acceptors (Lipinski definition) is 0. The SMILES string of the molecule is CC1=CC=C[C@@H]2CCCC[C@]12C. The lowest BCUT2D eigenvalue weighted by molar-refractivity contribution is 0.195. The fourth-order valence-corrected chi connectivity index (χ4v) is 2.68. The molecular formula is C12H18. The molecule has 0 N–H and O–H groups in total. The van der Waals surface area contributed by atoms with E-state index < -0.39 is 0 Å². The van der Waals surface area contributed by atoms with Crippen molar-refractivity contribution in [3.05, 3.63) is 23.8 Å². The fraction of sp³-hybridized carbons (Fsp3) is 0.667. The molecule has 0 saturated heterocycles. The largest absolute Gasteiger partial charge is 0.0806 e. The maximum Gasteiger partial charge on any atom is -0.00532 e. The van der Waals surface area contributed by atoms with Crippen LogP contribution in [0.5, 0.6) is 0 Å². The van der Waals surface area contributed by atoms with E-state index >= 15 is 0 Å². The Hall–Kier alpha value is -0.520. The van der Waals surface area contributed by atoms with E-state index in [0.29, 0.717) is 5.41 Å². The van der Waals surface area contributed by atoms with Gasteiger partial charge in [-0.05, 0) is 31.1 Å². The van der Waals surface area contributed by atoms with E-state index in [1.54, 1.807) is 5.57 Å². The van der Waals surface area contributed by atoms with E-state index in [2.05, 4.69) is 32.1 Å². The molecule has 66 valence electrons. The molecule has 2 aliphatic carbocycles. The lowest BCUT2D eigenvalue weighted by atomic mass is 9.62. The standard InChI is InChI=1S/C12H18/c1-10-6-5-8-11-7-3-4-9-12(10,11)2/h5-6,8,11H,3-4,7,9H2,1-2H3/t11-,12+/m0/s1. The summed E-state index contributed by atoms with van der Waals surface area (Å²) >= 11 is 0. The van der Waals surface area contributed by atoms with Gasteiger partial charge in [0, 0.05) is 0 Å². The Morgan fingerprint density at radius 1 is 1.42 bits per heavy atom. The summed E-state index contributed by atoms with van der Waals surface area (Å²) in [6.07, 6.45) is 12.6. The molecule has 1 saturated carbocycles. The zero-order valence-corrected chi connectivity index (χ0v) is 8.14. The van der Waals surface area contributed by atoms with Gasteiger partial charge in [-0.25, -0.2) is 0 Å². The summed E-state index contributed by atoms with van der Waals surface area (Å²) in [4.78, 5) is 0. The minimum Gasteiger partial charge on any atom is -0.0806 e. The number of fused-ring (bicyclic) bond motifs is 1. The number of allylic oxidation sites excluding steroid dienone is 4. The van der Waals surface area contributed by atoms with Crippen LogP contribution < -0.4 is 0 Å². The fourth-order valence-electron chi connectivity index (χ4n) is 2.68. The summed E-state index contributed by atoms with van der Waals surface area (Å²) in [6, 6.07) is 0. The van der Waals surface area contributed by atoms with Crippen LogP contribution in [0.4, 0.5) is 0 Å². The average molecular weight is 162 g/mol. The Morgan fingerprint density at radius 2 is 2.25 bits per heavy atom. The Balaban J connectivity index is 2.30. The van der Waals surface area contributed by atoms with E-state index in [9.17, 15) is 0 Å². The molecule has 0 nitrogen and oxygen atoms in total. The molecule has 0 aromatic carbocycles. The van der Waals surface area contributed by atoms with Crippen LogP contribution in [0.2, 0.25) is 0 Å². The van der Waals surface area contributed by atoms with E-state index in [-0.39, 0.29) is 0 Å². The molecule has 0 aliphatic heterocycles. The summed E-state index contributed by atoms with van der Waals surface area (Å²) < 4.78 is 0. The number of hydrogen-bond donors (Lipinski definition) is 0. The minimum absolute atomic E-state index is 0.507. The maximum atomic E-state index is 2.44. The lowest BCUT2D eigenvalue weighted by Crippen LogP contribution is -2.32. The van der Waals surface area contributed by atoms with Crippen molar-refractivity contribution >= 4 is 0 Å². The average Bonchev–Trinajstić information content (AvgIpc) is 2.07. The Bertz CT molecular complexity index is 234. The van der Waals surface area contributed by atoms with Crippen LogP contribution in [0.25, 0.3) is 0 Å². The molecule has 0 aromatic heterocycles. The molecule has 12 heavy (non-hydrogen) atoms. The van der Waals surface area contributed by atoms with Crippen LogP contribution in [0.1, 0.15) is 39.5 Å². The Labute approximate surface area is 75.4 Å². The third kappa shape index (κ3) is 1.05. The third-order valence-corrected chi connectivity index (χ3v) is 3.87. The van der Waals surface area contributed by atoms with Gasteiger partial charge in [-0.2, -0.15) is 0 Å². The van der Waals surface area contributed by atoms with Gasteiger partial charge in [-0.15, -0.1) is 0 Å². The Morgan fingerprint density at radius 3 is 3.00 bits per heavy atom. The summed E-state index contributed by atoms with van der Waals surface area (Å²) in [6.45, 7) is 4.73. The molecule has 0 bridgehead atoms. The molecule has 0 aromatic rings. The second-order valence-corrected chi connectivity index (χ2v) is 4.50. The van der Waals surface area contributed by atoms with Gasteiger partial charge in [0.25, 0.3) is 0 Å². The molecule has 1 fully saturated rings. The molecule has 0 amide bonds. The van der Waals surface area contributed by atoms with Gasteiger partial charge in [-0.1, -0.05) is 43.6 Å². The first-order valence-electron chi connectivity index (χ1n) is 5.09. The molecule has 0 radical (unpaired) electrons. The molecule has 0 heterocycles. The van der Waals surface area contributed by atoms with Crippen LogP contribution in [0.3, 0.4) is 0 Å². The van der Waals surface area contributed by atoms with E-state index in [1.807, 2.05) is 0 Å². The minimum atomic E-state index is 0.507. The van der Waals surface area contributed by atoms with Gasteiger partial charge < -0.3 is 0 Å². The van der Waals surface area contributed by atoms with Gasteiger partial charge in [0.05, 0.1) is 0 Å². The predicted octanol–water partition coefficient (Wildman–Crippen LogP) is 3.70. The van der Waals surface area contributed by atoms with Crippen molar-refractivity contribution in [3.63, 3.8) is 0 Å². The smallest absolute Gasteiger partial charge is 0.00532 e. The Kier molecular flexibility index (Phi) is 1.86. The van der Waals surface area contributed by atoms with Crippen molar-refractivity contribution in [3.8, 4) is 0 Å². The van der Waals surface area contributed by atoms with Gasteiger partial charge in [0.15, 0.2) is 0 Å². The molecule has 2 rings (SSSR count). The second kappa shape index (κ2) is 2.76. The van der Waals surface area contributed by atoms with Crippen molar-refractivity contribution in [2.75, 3.05) is 0 Å². The first kappa shape index (κ1) is 8.10. The zero-order valence-electron chi connectivity index (χ0n) is 8.14. The molecule has 0 spiro atoms. The summed E-state index contributed by atoms with van der Waals surface area (Å²) in [7, 11) is 0. The van der Waals surface area contributed by atoms with Crippen molar-refractivity contribution in [1.82, 2.24) is 0 Å². The van der Waals surface area contributed by atoms with Crippen LogP contribution in [0, 0.1) is 11.3 Å². The second-order valence-electron chi connectivity index (χ2n) is 4.50. The highest BCUT2D eigenvalue weighted by Crippen LogP contribution is 2.48. The molecule has 2 aliphatic rings. The first-order chi connectivity index (χ1) is 5.73.